The zero-order chi connectivity index (χ0) is 23.0. The Morgan fingerprint density at radius 2 is 1.21 bits per heavy atom. The first kappa shape index (κ1) is 21.2. The minimum absolute atomic E-state index is 0.297. The summed E-state index contributed by atoms with van der Waals surface area (Å²) in [5.74, 6) is 0. The molecule has 4 aromatic carbocycles. The molecular weight excluding hydrogens is 426 g/mol. The van der Waals surface area contributed by atoms with Gasteiger partial charge >= 0.3 is 0 Å². The Hall–Kier alpha value is -3.63. The van der Waals surface area contributed by atoms with Crippen molar-refractivity contribution in [1.29, 1.82) is 0 Å². The van der Waals surface area contributed by atoms with Crippen molar-refractivity contribution in [3.05, 3.63) is 131 Å². The molecule has 0 N–H and O–H groups in total. The number of rotatable bonds is 4. The summed E-state index contributed by atoms with van der Waals surface area (Å²) in [5, 5.41) is 0. The molecule has 4 aromatic rings. The third-order valence-corrected chi connectivity index (χ3v) is 8.07. The van der Waals surface area contributed by atoms with E-state index in [-0.39, 0.29) is 0 Å². The van der Waals surface area contributed by atoms with Gasteiger partial charge in [-0.2, -0.15) is 0 Å². The van der Waals surface area contributed by atoms with Crippen LogP contribution in [0.3, 0.4) is 0 Å². The van der Waals surface area contributed by atoms with E-state index in [1.807, 2.05) is 86.6 Å². The second-order valence-electron chi connectivity index (χ2n) is 8.33. The second-order valence-corrected chi connectivity index (χ2v) is 10.1. The van der Waals surface area contributed by atoms with Crippen molar-refractivity contribution < 1.29 is 8.42 Å². The minimum atomic E-state index is -3.79. The molecule has 0 aliphatic carbocycles. The van der Waals surface area contributed by atoms with Crippen LogP contribution in [-0.2, 0) is 10.0 Å². The average Bonchev–Trinajstić information content (AvgIpc) is 2.84. The lowest BCUT2D eigenvalue weighted by atomic mass is 9.83. The molecule has 0 radical (unpaired) electrons. The topological polar surface area (TPSA) is 37.4 Å². The van der Waals surface area contributed by atoms with Crippen molar-refractivity contribution in [1.82, 2.24) is 0 Å². The van der Waals surface area contributed by atoms with E-state index in [1.165, 1.54) is 0 Å². The van der Waals surface area contributed by atoms with E-state index in [1.54, 1.807) is 16.4 Å². The van der Waals surface area contributed by atoms with Crippen molar-refractivity contribution in [3.8, 4) is 0 Å². The van der Waals surface area contributed by atoms with Crippen LogP contribution < -0.4 is 4.31 Å². The third-order valence-electron chi connectivity index (χ3n) is 6.17. The third kappa shape index (κ3) is 3.66. The van der Waals surface area contributed by atoms with Crippen LogP contribution in [0.4, 0.5) is 5.69 Å². The predicted molar refractivity (Wildman–Crippen MR) is 136 cm³/mol. The molecule has 0 saturated carbocycles. The fraction of sp³-hybridized carbons (Fsp3) is 0.103. The predicted octanol–water partition coefficient (Wildman–Crippen LogP) is 6.55. The summed E-state index contributed by atoms with van der Waals surface area (Å²) in [7, 11) is -3.79. The number of aryl methyl sites for hydroxylation is 1. The maximum Gasteiger partial charge on any atom is 0.264 e. The Morgan fingerprint density at radius 3 is 1.85 bits per heavy atom. The van der Waals surface area contributed by atoms with Gasteiger partial charge < -0.3 is 0 Å². The molecule has 3 nitrogen and oxygen atoms in total. The van der Waals surface area contributed by atoms with Gasteiger partial charge in [-0.05, 0) is 54.3 Å². The van der Waals surface area contributed by atoms with Crippen LogP contribution in [0.2, 0.25) is 0 Å². The molecule has 1 aliphatic rings. The van der Waals surface area contributed by atoms with E-state index >= 15 is 0 Å². The number of anilines is 1. The lowest BCUT2D eigenvalue weighted by Gasteiger charge is -2.39. The van der Waals surface area contributed by atoms with Crippen molar-refractivity contribution >= 4 is 26.9 Å². The first-order valence-corrected chi connectivity index (χ1v) is 12.5. The molecule has 4 heteroatoms. The number of hydrogen-bond donors (Lipinski definition) is 0. The normalized spacial score (nSPS) is 15.9. The first-order valence-electron chi connectivity index (χ1n) is 11.0. The molecule has 1 unspecified atom stereocenters. The van der Waals surface area contributed by atoms with Crippen LogP contribution in [0, 0.1) is 6.92 Å². The maximum atomic E-state index is 14.0. The van der Waals surface area contributed by atoms with E-state index in [4.69, 9.17) is 0 Å². The summed E-state index contributed by atoms with van der Waals surface area (Å²) in [4.78, 5) is 0.297. The van der Waals surface area contributed by atoms with Crippen molar-refractivity contribution in [2.75, 3.05) is 4.31 Å². The van der Waals surface area contributed by atoms with Crippen LogP contribution in [0.1, 0.15) is 29.2 Å². The Morgan fingerprint density at radius 1 is 0.667 bits per heavy atom. The number of hydrogen-bond acceptors (Lipinski definition) is 2. The van der Waals surface area contributed by atoms with Gasteiger partial charge in [0.15, 0.2) is 0 Å². The van der Waals surface area contributed by atoms with E-state index < -0.39 is 16.1 Å². The van der Waals surface area contributed by atoms with Crippen LogP contribution >= 0.6 is 0 Å². The van der Waals surface area contributed by atoms with Gasteiger partial charge in [0, 0.05) is 5.56 Å². The van der Waals surface area contributed by atoms with Crippen LogP contribution in [0.15, 0.2) is 114 Å². The lowest BCUT2D eigenvalue weighted by molar-refractivity contribution is 0.588. The van der Waals surface area contributed by atoms with Gasteiger partial charge in [0.25, 0.3) is 10.0 Å². The van der Waals surface area contributed by atoms with E-state index in [0.29, 0.717) is 10.6 Å². The molecule has 0 bridgehead atoms. The Labute approximate surface area is 195 Å². The molecule has 1 heterocycles. The summed E-state index contributed by atoms with van der Waals surface area (Å²) in [5.41, 5.74) is 6.79. The summed E-state index contributed by atoms with van der Waals surface area (Å²) >= 11 is 0. The lowest BCUT2D eigenvalue weighted by Crippen LogP contribution is -2.42. The van der Waals surface area contributed by atoms with E-state index in [9.17, 15) is 8.42 Å². The Kier molecular flexibility index (Phi) is 5.39. The molecule has 164 valence electrons. The summed E-state index contributed by atoms with van der Waals surface area (Å²) in [6.07, 6.45) is 0. The fourth-order valence-corrected chi connectivity index (χ4v) is 6.28. The highest BCUT2D eigenvalue weighted by Gasteiger charge is 2.38. The molecule has 1 aliphatic heterocycles. The monoisotopic (exact) mass is 451 g/mol. The van der Waals surface area contributed by atoms with Gasteiger partial charge in [-0.15, -0.1) is 0 Å². The molecule has 5 rings (SSSR count). The average molecular weight is 452 g/mol. The summed E-state index contributed by atoms with van der Waals surface area (Å²) < 4.78 is 29.6. The summed E-state index contributed by atoms with van der Waals surface area (Å²) in [6, 6.07) is 34.8. The standard InChI is InChI=1S/C29H25NO2S/c1-21-17-19-25(20-18-21)33(31,32)30-22(2)28(23-11-5-3-6-12-23)29(24-13-7-4-8-14-24)26-15-9-10-16-27(26)30/h3-20,22H,1-2H3. The van der Waals surface area contributed by atoms with Gasteiger partial charge in [0.2, 0.25) is 0 Å². The van der Waals surface area contributed by atoms with Crippen molar-refractivity contribution in [2.45, 2.75) is 24.8 Å². The smallest absolute Gasteiger partial charge is 0.258 e. The van der Waals surface area contributed by atoms with Crippen molar-refractivity contribution in [3.63, 3.8) is 0 Å². The number of sulfonamides is 1. The number of benzene rings is 4. The van der Waals surface area contributed by atoms with Gasteiger partial charge in [-0.25, -0.2) is 8.42 Å². The molecule has 0 fully saturated rings. The molecule has 0 saturated heterocycles. The maximum absolute atomic E-state index is 14.0. The molecule has 0 amide bonds. The zero-order valence-corrected chi connectivity index (χ0v) is 19.5. The van der Waals surface area contributed by atoms with E-state index in [2.05, 4.69) is 24.3 Å². The van der Waals surface area contributed by atoms with Crippen LogP contribution in [0.25, 0.3) is 11.1 Å². The molecule has 33 heavy (non-hydrogen) atoms. The van der Waals surface area contributed by atoms with Crippen LogP contribution in [-0.4, -0.2) is 14.5 Å². The highest BCUT2D eigenvalue weighted by molar-refractivity contribution is 7.93. The van der Waals surface area contributed by atoms with E-state index in [0.717, 1.165) is 33.4 Å². The van der Waals surface area contributed by atoms with Crippen LogP contribution in [0.5, 0.6) is 0 Å². The Bertz CT molecular complexity index is 1420. The molecular formula is C29H25NO2S. The number of fused-ring (bicyclic) bond motifs is 1. The first-order chi connectivity index (χ1) is 16.0. The van der Waals surface area contributed by atoms with Gasteiger partial charge in [0.1, 0.15) is 0 Å². The quantitative estimate of drug-likeness (QED) is 0.353. The van der Waals surface area contributed by atoms with Crippen molar-refractivity contribution in [2.24, 2.45) is 0 Å². The number of para-hydroxylation sites is 1. The van der Waals surface area contributed by atoms with Gasteiger partial charge in [0.05, 0.1) is 16.6 Å². The van der Waals surface area contributed by atoms with Gasteiger partial charge in [-0.3, -0.25) is 4.31 Å². The molecule has 1 atom stereocenters. The second kappa shape index (κ2) is 8.38. The molecule has 0 aromatic heterocycles. The summed E-state index contributed by atoms with van der Waals surface area (Å²) in [6.45, 7) is 3.94. The SMILES string of the molecule is Cc1ccc(S(=O)(=O)N2c3ccccc3C(c3ccccc3)=C(c3ccccc3)C2C)cc1. The fourth-order valence-electron chi connectivity index (χ4n) is 4.64. The molecule has 0 spiro atoms. The largest absolute Gasteiger partial charge is 0.264 e. The minimum Gasteiger partial charge on any atom is -0.258 e. The van der Waals surface area contributed by atoms with Gasteiger partial charge in [-0.1, -0.05) is 96.6 Å². The Balaban J connectivity index is 1.82. The zero-order valence-electron chi connectivity index (χ0n) is 18.6. The highest BCUT2D eigenvalue weighted by Crippen LogP contribution is 2.47. The number of nitrogens with zero attached hydrogens (tertiary/aromatic N) is 1. The highest BCUT2D eigenvalue weighted by atomic mass is 32.2.